The van der Waals surface area contributed by atoms with Crippen molar-refractivity contribution in [2.75, 3.05) is 19.8 Å². The average Bonchev–Trinajstić information content (AvgIpc) is 2.38. The first-order valence-electron chi connectivity index (χ1n) is 6.44. The number of hydrogen-bond acceptors (Lipinski definition) is 4. The molecule has 4 nitrogen and oxygen atoms in total. The SMILES string of the molecule is CC(C)C(CO)NCC(O)COc1ccccc1F. The highest BCUT2D eigenvalue weighted by atomic mass is 19.1. The predicted octanol–water partition coefficient (Wildman–Crippen LogP) is 1.17. The number of aliphatic hydroxyl groups is 2. The van der Waals surface area contributed by atoms with Gasteiger partial charge < -0.3 is 20.3 Å². The van der Waals surface area contributed by atoms with E-state index in [-0.39, 0.29) is 37.5 Å². The van der Waals surface area contributed by atoms with E-state index >= 15 is 0 Å². The van der Waals surface area contributed by atoms with Gasteiger partial charge >= 0.3 is 0 Å². The number of nitrogens with one attached hydrogen (secondary N) is 1. The van der Waals surface area contributed by atoms with Crippen molar-refractivity contribution in [3.8, 4) is 5.75 Å². The molecule has 2 unspecified atom stereocenters. The van der Waals surface area contributed by atoms with Crippen LogP contribution in [0, 0.1) is 11.7 Å². The molecule has 0 bridgehead atoms. The molecule has 0 radical (unpaired) electrons. The second kappa shape index (κ2) is 8.09. The van der Waals surface area contributed by atoms with Crippen LogP contribution in [-0.4, -0.2) is 42.1 Å². The number of para-hydroxylation sites is 1. The molecule has 0 aliphatic rings. The molecule has 0 saturated heterocycles. The van der Waals surface area contributed by atoms with Gasteiger partial charge in [-0.3, -0.25) is 0 Å². The maximum atomic E-state index is 13.3. The van der Waals surface area contributed by atoms with Crippen LogP contribution < -0.4 is 10.1 Å². The monoisotopic (exact) mass is 271 g/mol. The number of halogens is 1. The van der Waals surface area contributed by atoms with E-state index in [0.29, 0.717) is 0 Å². The summed E-state index contributed by atoms with van der Waals surface area (Å²) in [4.78, 5) is 0. The number of rotatable bonds is 8. The molecule has 0 aliphatic carbocycles. The smallest absolute Gasteiger partial charge is 0.165 e. The van der Waals surface area contributed by atoms with Gasteiger partial charge in [0.25, 0.3) is 0 Å². The van der Waals surface area contributed by atoms with Crippen molar-refractivity contribution in [3.63, 3.8) is 0 Å². The molecule has 1 aromatic carbocycles. The van der Waals surface area contributed by atoms with Crippen molar-refractivity contribution < 1.29 is 19.3 Å². The highest BCUT2D eigenvalue weighted by Crippen LogP contribution is 2.15. The molecule has 1 aromatic rings. The van der Waals surface area contributed by atoms with E-state index in [4.69, 9.17) is 9.84 Å². The van der Waals surface area contributed by atoms with E-state index < -0.39 is 11.9 Å². The van der Waals surface area contributed by atoms with E-state index in [1.54, 1.807) is 12.1 Å². The molecule has 0 amide bonds. The Bertz CT molecular complexity index is 373. The van der Waals surface area contributed by atoms with Gasteiger partial charge in [-0.1, -0.05) is 26.0 Å². The number of hydrogen-bond donors (Lipinski definition) is 3. The van der Waals surface area contributed by atoms with Gasteiger partial charge in [-0.25, -0.2) is 4.39 Å². The fraction of sp³-hybridized carbons (Fsp3) is 0.571. The summed E-state index contributed by atoms with van der Waals surface area (Å²) in [6.45, 7) is 4.27. The molecular weight excluding hydrogens is 249 g/mol. The normalized spacial score (nSPS) is 14.4. The van der Waals surface area contributed by atoms with Gasteiger partial charge in [0.1, 0.15) is 12.7 Å². The van der Waals surface area contributed by atoms with E-state index in [2.05, 4.69) is 5.32 Å². The Morgan fingerprint density at radius 1 is 1.32 bits per heavy atom. The minimum absolute atomic E-state index is 0.00414. The Hall–Kier alpha value is -1.17. The Balaban J connectivity index is 2.32. The minimum Gasteiger partial charge on any atom is -0.488 e. The van der Waals surface area contributed by atoms with Crippen molar-refractivity contribution in [2.24, 2.45) is 5.92 Å². The van der Waals surface area contributed by atoms with Gasteiger partial charge in [-0.05, 0) is 18.1 Å². The number of aliphatic hydroxyl groups excluding tert-OH is 2. The third-order valence-electron chi connectivity index (χ3n) is 2.88. The van der Waals surface area contributed by atoms with Crippen LogP contribution in [0.5, 0.6) is 5.75 Å². The molecule has 3 N–H and O–H groups in total. The summed E-state index contributed by atoms with van der Waals surface area (Å²) in [5.74, 6) is -0.0492. The molecule has 5 heteroatoms. The first-order valence-corrected chi connectivity index (χ1v) is 6.44. The summed E-state index contributed by atoms with van der Waals surface area (Å²) in [6.07, 6.45) is -0.757. The molecular formula is C14H22FNO3. The van der Waals surface area contributed by atoms with Crippen molar-refractivity contribution >= 4 is 0 Å². The molecule has 0 heterocycles. The van der Waals surface area contributed by atoms with E-state index in [1.165, 1.54) is 12.1 Å². The molecule has 0 aromatic heterocycles. The van der Waals surface area contributed by atoms with Gasteiger partial charge in [0.15, 0.2) is 11.6 Å². The highest BCUT2D eigenvalue weighted by molar-refractivity contribution is 5.23. The molecule has 19 heavy (non-hydrogen) atoms. The summed E-state index contributed by atoms with van der Waals surface area (Å²) in [5.41, 5.74) is 0. The van der Waals surface area contributed by atoms with Gasteiger partial charge in [0.2, 0.25) is 0 Å². The molecule has 1 rings (SSSR count). The van der Waals surface area contributed by atoms with Crippen LogP contribution >= 0.6 is 0 Å². The Kier molecular flexibility index (Phi) is 6.77. The quantitative estimate of drug-likeness (QED) is 0.664. The van der Waals surface area contributed by atoms with Crippen molar-refractivity contribution in [1.29, 1.82) is 0 Å². The van der Waals surface area contributed by atoms with Crippen LogP contribution in [0.1, 0.15) is 13.8 Å². The zero-order chi connectivity index (χ0) is 14.3. The molecule has 0 aliphatic heterocycles. The molecule has 0 spiro atoms. The van der Waals surface area contributed by atoms with Gasteiger partial charge in [-0.15, -0.1) is 0 Å². The van der Waals surface area contributed by atoms with Crippen molar-refractivity contribution in [3.05, 3.63) is 30.1 Å². The maximum Gasteiger partial charge on any atom is 0.165 e. The predicted molar refractivity (Wildman–Crippen MR) is 71.6 cm³/mol. The van der Waals surface area contributed by atoms with E-state index in [1.807, 2.05) is 13.8 Å². The van der Waals surface area contributed by atoms with Crippen LogP contribution in [0.4, 0.5) is 4.39 Å². The fourth-order valence-corrected chi connectivity index (χ4v) is 1.61. The zero-order valence-corrected chi connectivity index (χ0v) is 11.3. The first-order chi connectivity index (χ1) is 9.04. The largest absolute Gasteiger partial charge is 0.488 e. The Labute approximate surface area is 113 Å². The average molecular weight is 271 g/mol. The fourth-order valence-electron chi connectivity index (χ4n) is 1.61. The third kappa shape index (κ3) is 5.55. The second-order valence-corrected chi connectivity index (χ2v) is 4.84. The van der Waals surface area contributed by atoms with Crippen LogP contribution in [-0.2, 0) is 0 Å². The Morgan fingerprint density at radius 3 is 2.58 bits per heavy atom. The number of benzene rings is 1. The molecule has 0 saturated carbocycles. The summed E-state index contributed by atoms with van der Waals surface area (Å²) in [6, 6.07) is 6.00. The van der Waals surface area contributed by atoms with Crippen LogP contribution in [0.15, 0.2) is 24.3 Å². The lowest BCUT2D eigenvalue weighted by molar-refractivity contribution is 0.0943. The zero-order valence-electron chi connectivity index (χ0n) is 11.3. The molecule has 108 valence electrons. The van der Waals surface area contributed by atoms with Gasteiger partial charge in [0, 0.05) is 12.6 Å². The summed E-state index contributed by atoms with van der Waals surface area (Å²) in [7, 11) is 0. The second-order valence-electron chi connectivity index (χ2n) is 4.84. The highest BCUT2D eigenvalue weighted by Gasteiger charge is 2.14. The summed E-state index contributed by atoms with van der Waals surface area (Å²) < 4.78 is 18.5. The summed E-state index contributed by atoms with van der Waals surface area (Å²) >= 11 is 0. The topological polar surface area (TPSA) is 61.7 Å². The lowest BCUT2D eigenvalue weighted by atomic mass is 10.1. The third-order valence-corrected chi connectivity index (χ3v) is 2.88. The van der Waals surface area contributed by atoms with E-state index in [0.717, 1.165) is 0 Å². The standard InChI is InChI=1S/C14H22FNO3/c1-10(2)13(8-17)16-7-11(18)9-19-14-6-4-3-5-12(14)15/h3-6,10-11,13,16-18H,7-9H2,1-2H3. The Morgan fingerprint density at radius 2 is 2.00 bits per heavy atom. The number of ether oxygens (including phenoxy) is 1. The maximum absolute atomic E-state index is 13.3. The minimum atomic E-state index is -0.757. The van der Waals surface area contributed by atoms with Crippen LogP contribution in [0.25, 0.3) is 0 Å². The van der Waals surface area contributed by atoms with E-state index in [9.17, 15) is 9.50 Å². The summed E-state index contributed by atoms with van der Waals surface area (Å²) in [5, 5.41) is 21.9. The van der Waals surface area contributed by atoms with Crippen LogP contribution in [0.3, 0.4) is 0 Å². The molecule has 0 fully saturated rings. The van der Waals surface area contributed by atoms with Crippen molar-refractivity contribution in [1.82, 2.24) is 5.32 Å². The van der Waals surface area contributed by atoms with Gasteiger partial charge in [-0.2, -0.15) is 0 Å². The van der Waals surface area contributed by atoms with Crippen LogP contribution in [0.2, 0.25) is 0 Å². The lowest BCUT2D eigenvalue weighted by Crippen LogP contribution is -2.42. The lowest BCUT2D eigenvalue weighted by Gasteiger charge is -2.22. The van der Waals surface area contributed by atoms with Crippen molar-refractivity contribution in [2.45, 2.75) is 26.0 Å². The first kappa shape index (κ1) is 15.9. The van der Waals surface area contributed by atoms with Gasteiger partial charge in [0.05, 0.1) is 6.61 Å². The molecule has 2 atom stereocenters.